The minimum Gasteiger partial charge on any atom is -0.379 e. The summed E-state index contributed by atoms with van der Waals surface area (Å²) in [6, 6.07) is 1.48. The number of nitrogens with one attached hydrogen (secondary N) is 1. The Kier molecular flexibility index (Phi) is 3.69. The van der Waals surface area contributed by atoms with Gasteiger partial charge < -0.3 is 10.1 Å². The maximum absolute atomic E-state index is 5.62. The molecule has 0 aromatic rings. The molecular weight excluding hydrogens is 212 g/mol. The monoisotopic (exact) mass is 238 g/mol. The average molecular weight is 238 g/mol. The molecule has 3 aliphatic rings. The van der Waals surface area contributed by atoms with Crippen LogP contribution in [0.4, 0.5) is 0 Å². The normalized spacial score (nSPS) is 42.9. The van der Waals surface area contributed by atoms with Crippen molar-refractivity contribution in [1.29, 1.82) is 0 Å². The standard InChI is InChI=1S/C14H26N2O/c1-15-13-10-17-9-12(13)8-16-7-3-5-11-4-2-6-14(11)16/h11-15H,2-10H2,1H3. The smallest absolute Gasteiger partial charge is 0.0623 e. The van der Waals surface area contributed by atoms with E-state index in [0.29, 0.717) is 12.0 Å². The molecule has 3 nitrogen and oxygen atoms in total. The predicted molar refractivity (Wildman–Crippen MR) is 69.1 cm³/mol. The summed E-state index contributed by atoms with van der Waals surface area (Å²) >= 11 is 0. The molecule has 0 aromatic carbocycles. The van der Waals surface area contributed by atoms with Crippen molar-refractivity contribution in [2.75, 3.05) is 33.4 Å². The SMILES string of the molecule is CNC1COCC1CN1CCCC2CCCC21. The Balaban J connectivity index is 1.60. The van der Waals surface area contributed by atoms with E-state index in [2.05, 4.69) is 17.3 Å². The lowest BCUT2D eigenvalue weighted by atomic mass is 9.90. The van der Waals surface area contributed by atoms with E-state index >= 15 is 0 Å². The number of piperidine rings is 1. The van der Waals surface area contributed by atoms with Crippen LogP contribution in [-0.2, 0) is 4.74 Å². The maximum atomic E-state index is 5.62. The van der Waals surface area contributed by atoms with Gasteiger partial charge >= 0.3 is 0 Å². The summed E-state index contributed by atoms with van der Waals surface area (Å²) in [5.74, 6) is 1.72. The first-order chi connectivity index (χ1) is 8.38. The third-order valence-electron chi connectivity index (χ3n) is 5.15. The van der Waals surface area contributed by atoms with Gasteiger partial charge in [0.25, 0.3) is 0 Å². The lowest BCUT2D eigenvalue weighted by Crippen LogP contribution is -2.48. The number of nitrogens with zero attached hydrogens (tertiary/aromatic N) is 1. The Morgan fingerprint density at radius 2 is 2.06 bits per heavy atom. The molecule has 1 saturated carbocycles. The molecule has 2 heterocycles. The van der Waals surface area contributed by atoms with Gasteiger partial charge in [-0.25, -0.2) is 0 Å². The van der Waals surface area contributed by atoms with E-state index in [0.717, 1.165) is 25.2 Å². The molecule has 3 fully saturated rings. The molecular formula is C14H26N2O. The highest BCUT2D eigenvalue weighted by Gasteiger charge is 2.37. The van der Waals surface area contributed by atoms with Gasteiger partial charge in [0.1, 0.15) is 0 Å². The highest BCUT2D eigenvalue weighted by Crippen LogP contribution is 2.37. The molecule has 1 N–H and O–H groups in total. The summed E-state index contributed by atoms with van der Waals surface area (Å²) in [6.45, 7) is 4.45. The fourth-order valence-electron chi connectivity index (χ4n) is 4.18. The molecule has 2 saturated heterocycles. The average Bonchev–Trinajstić information content (AvgIpc) is 2.97. The third kappa shape index (κ3) is 2.38. The van der Waals surface area contributed by atoms with Gasteiger partial charge in [-0.3, -0.25) is 4.90 Å². The van der Waals surface area contributed by atoms with Crippen molar-refractivity contribution in [1.82, 2.24) is 10.2 Å². The van der Waals surface area contributed by atoms with E-state index in [4.69, 9.17) is 4.74 Å². The van der Waals surface area contributed by atoms with Crippen LogP contribution in [0.25, 0.3) is 0 Å². The zero-order valence-corrected chi connectivity index (χ0v) is 11.0. The van der Waals surface area contributed by atoms with Crippen molar-refractivity contribution < 1.29 is 4.74 Å². The van der Waals surface area contributed by atoms with Gasteiger partial charge in [0.15, 0.2) is 0 Å². The van der Waals surface area contributed by atoms with Gasteiger partial charge in [0.2, 0.25) is 0 Å². The van der Waals surface area contributed by atoms with E-state index in [1.165, 1.54) is 45.2 Å². The minimum atomic E-state index is 0.580. The molecule has 4 unspecified atom stereocenters. The maximum Gasteiger partial charge on any atom is 0.0623 e. The Morgan fingerprint density at radius 1 is 1.18 bits per heavy atom. The Bertz CT molecular complexity index is 259. The van der Waals surface area contributed by atoms with Crippen molar-refractivity contribution in [3.63, 3.8) is 0 Å². The zero-order valence-electron chi connectivity index (χ0n) is 11.0. The second-order valence-electron chi connectivity index (χ2n) is 6.09. The van der Waals surface area contributed by atoms with Crippen LogP contribution >= 0.6 is 0 Å². The summed E-state index contributed by atoms with van der Waals surface area (Å²) in [5, 5.41) is 3.41. The number of hydrogen-bond acceptors (Lipinski definition) is 3. The summed E-state index contributed by atoms with van der Waals surface area (Å²) in [4.78, 5) is 2.78. The number of hydrogen-bond donors (Lipinski definition) is 1. The van der Waals surface area contributed by atoms with Crippen LogP contribution < -0.4 is 5.32 Å². The van der Waals surface area contributed by atoms with Crippen molar-refractivity contribution in [2.24, 2.45) is 11.8 Å². The molecule has 4 atom stereocenters. The lowest BCUT2D eigenvalue weighted by molar-refractivity contribution is 0.0866. The molecule has 0 aromatic heterocycles. The number of likely N-dealkylation sites (tertiary alicyclic amines) is 1. The van der Waals surface area contributed by atoms with Crippen LogP contribution in [-0.4, -0.2) is 50.3 Å². The van der Waals surface area contributed by atoms with Crippen molar-refractivity contribution >= 4 is 0 Å². The van der Waals surface area contributed by atoms with Crippen molar-refractivity contribution in [2.45, 2.75) is 44.2 Å². The van der Waals surface area contributed by atoms with Gasteiger partial charge in [-0.1, -0.05) is 6.42 Å². The van der Waals surface area contributed by atoms with Crippen molar-refractivity contribution in [3.05, 3.63) is 0 Å². The van der Waals surface area contributed by atoms with Crippen molar-refractivity contribution in [3.8, 4) is 0 Å². The van der Waals surface area contributed by atoms with E-state index in [1.807, 2.05) is 0 Å². The van der Waals surface area contributed by atoms with Crippen LogP contribution in [0.2, 0.25) is 0 Å². The second kappa shape index (κ2) is 5.25. The highest BCUT2D eigenvalue weighted by molar-refractivity contribution is 4.92. The Labute approximate surface area is 105 Å². The summed E-state index contributed by atoms with van der Waals surface area (Å²) in [5.41, 5.74) is 0. The lowest BCUT2D eigenvalue weighted by Gasteiger charge is -2.39. The fourth-order valence-corrected chi connectivity index (χ4v) is 4.18. The Morgan fingerprint density at radius 3 is 2.94 bits per heavy atom. The van der Waals surface area contributed by atoms with Crippen LogP contribution in [0, 0.1) is 11.8 Å². The van der Waals surface area contributed by atoms with E-state index in [9.17, 15) is 0 Å². The van der Waals surface area contributed by atoms with Crippen LogP contribution in [0.3, 0.4) is 0 Å². The minimum absolute atomic E-state index is 0.580. The quantitative estimate of drug-likeness (QED) is 0.806. The first-order valence-corrected chi connectivity index (χ1v) is 7.37. The zero-order chi connectivity index (χ0) is 11.7. The third-order valence-corrected chi connectivity index (χ3v) is 5.15. The summed E-state index contributed by atoms with van der Waals surface area (Å²) < 4.78 is 5.62. The first-order valence-electron chi connectivity index (χ1n) is 7.37. The van der Waals surface area contributed by atoms with Gasteiger partial charge in [-0.05, 0) is 45.2 Å². The topological polar surface area (TPSA) is 24.5 Å². The second-order valence-corrected chi connectivity index (χ2v) is 6.09. The van der Waals surface area contributed by atoms with Crippen LogP contribution in [0.15, 0.2) is 0 Å². The molecule has 2 aliphatic heterocycles. The molecule has 1 aliphatic carbocycles. The highest BCUT2D eigenvalue weighted by atomic mass is 16.5. The number of rotatable bonds is 3. The van der Waals surface area contributed by atoms with E-state index in [1.54, 1.807) is 0 Å². The molecule has 0 radical (unpaired) electrons. The predicted octanol–water partition coefficient (Wildman–Crippen LogP) is 1.49. The molecule has 98 valence electrons. The van der Waals surface area contributed by atoms with E-state index in [-0.39, 0.29) is 0 Å². The molecule has 3 heteroatoms. The molecule has 0 bridgehead atoms. The Hall–Kier alpha value is -0.120. The van der Waals surface area contributed by atoms with Gasteiger partial charge in [-0.15, -0.1) is 0 Å². The molecule has 0 amide bonds. The summed E-state index contributed by atoms with van der Waals surface area (Å²) in [7, 11) is 2.07. The molecule has 17 heavy (non-hydrogen) atoms. The summed E-state index contributed by atoms with van der Waals surface area (Å²) in [6.07, 6.45) is 7.29. The first kappa shape index (κ1) is 11.9. The van der Waals surface area contributed by atoms with Gasteiger partial charge in [0, 0.05) is 24.5 Å². The number of likely N-dealkylation sites (N-methyl/N-ethyl adjacent to an activating group) is 1. The molecule has 3 rings (SSSR count). The molecule has 0 spiro atoms. The number of fused-ring (bicyclic) bond motifs is 1. The van der Waals surface area contributed by atoms with E-state index < -0.39 is 0 Å². The van der Waals surface area contributed by atoms with Gasteiger partial charge in [-0.2, -0.15) is 0 Å². The van der Waals surface area contributed by atoms with Crippen LogP contribution in [0.1, 0.15) is 32.1 Å². The van der Waals surface area contributed by atoms with Crippen LogP contribution in [0.5, 0.6) is 0 Å². The fraction of sp³-hybridized carbons (Fsp3) is 1.00. The number of ether oxygens (including phenoxy) is 1. The largest absolute Gasteiger partial charge is 0.379 e. The van der Waals surface area contributed by atoms with Gasteiger partial charge in [0.05, 0.1) is 13.2 Å².